The quantitative estimate of drug-likeness (QED) is 0.568. The number of hydrogen-bond acceptors (Lipinski definition) is 5. The first-order chi connectivity index (χ1) is 13.8. The molecule has 7 heteroatoms. The van der Waals surface area contributed by atoms with Crippen molar-refractivity contribution in [2.45, 2.75) is 40.2 Å². The van der Waals surface area contributed by atoms with Crippen LogP contribution in [0.25, 0.3) is 11.3 Å². The molecule has 0 bridgehead atoms. The van der Waals surface area contributed by atoms with E-state index >= 15 is 0 Å². The van der Waals surface area contributed by atoms with Gasteiger partial charge in [-0.1, -0.05) is 44.2 Å². The number of aryl methyl sites for hydroxylation is 2. The Labute approximate surface area is 179 Å². The summed E-state index contributed by atoms with van der Waals surface area (Å²) in [4.78, 5) is 32.2. The highest BCUT2D eigenvalue weighted by molar-refractivity contribution is 7.14. The van der Waals surface area contributed by atoms with Crippen molar-refractivity contribution in [1.29, 1.82) is 0 Å². The average Bonchev–Trinajstić information content (AvgIpc) is 3.25. The number of amides is 2. The van der Waals surface area contributed by atoms with Gasteiger partial charge in [-0.3, -0.25) is 9.59 Å². The maximum atomic E-state index is 12.8. The van der Waals surface area contributed by atoms with Crippen molar-refractivity contribution in [2.75, 3.05) is 5.32 Å². The smallest absolute Gasteiger partial charge is 0.248 e. The monoisotopic (exact) mass is 427 g/mol. The van der Waals surface area contributed by atoms with Gasteiger partial charge in [-0.05, 0) is 31.4 Å². The molecule has 2 heterocycles. The molecule has 2 N–H and O–H groups in total. The lowest BCUT2D eigenvalue weighted by Gasteiger charge is -2.21. The normalized spacial score (nSPS) is 12.0. The van der Waals surface area contributed by atoms with E-state index in [-0.39, 0.29) is 24.2 Å². The van der Waals surface area contributed by atoms with Crippen LogP contribution in [0.2, 0.25) is 0 Å². The van der Waals surface area contributed by atoms with Crippen molar-refractivity contribution < 1.29 is 9.59 Å². The second kappa shape index (κ2) is 9.33. The van der Waals surface area contributed by atoms with Gasteiger partial charge in [-0.15, -0.1) is 22.7 Å². The van der Waals surface area contributed by atoms with E-state index in [9.17, 15) is 9.59 Å². The first kappa shape index (κ1) is 21.2. The Balaban J connectivity index is 1.65. The number of aromatic nitrogens is 1. The van der Waals surface area contributed by atoms with Crippen molar-refractivity contribution in [3.8, 4) is 11.3 Å². The molecule has 5 nitrogen and oxygen atoms in total. The highest BCUT2D eigenvalue weighted by Crippen LogP contribution is 2.32. The second-order valence-corrected chi connectivity index (χ2v) is 9.62. The third-order valence-corrected chi connectivity index (χ3v) is 6.25. The van der Waals surface area contributed by atoms with Crippen molar-refractivity contribution >= 4 is 39.6 Å². The van der Waals surface area contributed by atoms with E-state index in [4.69, 9.17) is 0 Å². The van der Waals surface area contributed by atoms with Gasteiger partial charge in [0, 0.05) is 20.7 Å². The Morgan fingerprint density at radius 2 is 1.86 bits per heavy atom. The molecule has 3 aromatic rings. The number of thiophene rings is 1. The Bertz CT molecular complexity index is 993. The zero-order valence-corrected chi connectivity index (χ0v) is 18.6. The van der Waals surface area contributed by atoms with Crippen molar-refractivity contribution in [2.24, 2.45) is 5.92 Å². The van der Waals surface area contributed by atoms with E-state index in [1.807, 2.05) is 49.6 Å². The number of hydrogen-bond donors (Lipinski definition) is 2. The number of benzene rings is 1. The number of nitrogens with zero attached hydrogens (tertiary/aromatic N) is 1. The molecule has 2 amide bonds. The van der Waals surface area contributed by atoms with Crippen LogP contribution in [0.5, 0.6) is 0 Å². The number of thiazole rings is 1. The number of rotatable bonds is 7. The van der Waals surface area contributed by atoms with Gasteiger partial charge in [0.1, 0.15) is 6.04 Å². The number of carbonyl (C=O) groups excluding carboxylic acids is 2. The lowest BCUT2D eigenvalue weighted by Crippen LogP contribution is -2.47. The van der Waals surface area contributed by atoms with Gasteiger partial charge < -0.3 is 10.6 Å². The summed E-state index contributed by atoms with van der Waals surface area (Å²) in [5.74, 6) is -0.467. The van der Waals surface area contributed by atoms with Crippen LogP contribution < -0.4 is 10.6 Å². The van der Waals surface area contributed by atoms with Crippen molar-refractivity contribution in [3.63, 3.8) is 0 Å². The molecule has 0 fully saturated rings. The van der Waals surface area contributed by atoms with Crippen LogP contribution >= 0.6 is 22.7 Å². The molecule has 3 rings (SSSR count). The van der Waals surface area contributed by atoms with Crippen LogP contribution in [0.1, 0.15) is 29.2 Å². The first-order valence-electron chi connectivity index (χ1n) is 9.50. The van der Waals surface area contributed by atoms with Crippen molar-refractivity contribution in [3.05, 3.63) is 57.1 Å². The molecule has 0 saturated heterocycles. The largest absolute Gasteiger partial charge is 0.344 e. The van der Waals surface area contributed by atoms with Gasteiger partial charge in [-0.25, -0.2) is 4.98 Å². The SMILES string of the molecule is Cc1cc(-c2csc(NC(=O)[C@@H](NC(=O)Cc3ccccc3)C(C)C)n2)c(C)s1. The first-order valence-corrected chi connectivity index (χ1v) is 11.2. The maximum Gasteiger partial charge on any atom is 0.248 e. The lowest BCUT2D eigenvalue weighted by molar-refractivity contribution is -0.127. The molecule has 0 aliphatic rings. The molecule has 2 aromatic heterocycles. The number of nitrogens with one attached hydrogen (secondary N) is 2. The van der Waals surface area contributed by atoms with Crippen LogP contribution in [-0.4, -0.2) is 22.8 Å². The Morgan fingerprint density at radius 3 is 2.48 bits per heavy atom. The minimum absolute atomic E-state index is 0.0454. The fourth-order valence-electron chi connectivity index (χ4n) is 3.06. The molecule has 0 saturated carbocycles. The Morgan fingerprint density at radius 1 is 1.14 bits per heavy atom. The summed E-state index contributed by atoms with van der Waals surface area (Å²) >= 11 is 3.12. The van der Waals surface area contributed by atoms with Crippen LogP contribution in [-0.2, 0) is 16.0 Å². The molecular weight excluding hydrogens is 402 g/mol. The molecule has 0 aliphatic heterocycles. The topological polar surface area (TPSA) is 71.1 Å². The molecule has 0 radical (unpaired) electrons. The third-order valence-electron chi connectivity index (χ3n) is 4.52. The number of anilines is 1. The van der Waals surface area contributed by atoms with E-state index in [2.05, 4.69) is 35.5 Å². The molecule has 1 atom stereocenters. The second-order valence-electron chi connectivity index (χ2n) is 7.31. The van der Waals surface area contributed by atoms with Crippen LogP contribution in [0.15, 0.2) is 41.8 Å². The predicted octanol–water partition coefficient (Wildman–Crippen LogP) is 4.81. The summed E-state index contributed by atoms with van der Waals surface area (Å²) in [5, 5.41) is 8.21. The predicted molar refractivity (Wildman–Crippen MR) is 120 cm³/mol. The Kier molecular flexibility index (Phi) is 6.82. The highest BCUT2D eigenvalue weighted by atomic mass is 32.1. The summed E-state index contributed by atoms with van der Waals surface area (Å²) in [7, 11) is 0. The van der Waals surface area contributed by atoms with Gasteiger partial charge in [0.2, 0.25) is 11.8 Å². The molecule has 0 unspecified atom stereocenters. The van der Waals surface area contributed by atoms with Gasteiger partial charge >= 0.3 is 0 Å². The van der Waals surface area contributed by atoms with Gasteiger partial charge in [-0.2, -0.15) is 0 Å². The zero-order chi connectivity index (χ0) is 21.0. The Hall–Kier alpha value is -2.51. The average molecular weight is 428 g/mol. The third kappa shape index (κ3) is 5.52. The highest BCUT2D eigenvalue weighted by Gasteiger charge is 2.25. The summed E-state index contributed by atoms with van der Waals surface area (Å²) in [6.45, 7) is 7.97. The fraction of sp³-hybridized carbons (Fsp3) is 0.318. The molecule has 0 spiro atoms. The fourth-order valence-corrected chi connectivity index (χ4v) is 4.71. The van der Waals surface area contributed by atoms with Crippen LogP contribution in [0, 0.1) is 19.8 Å². The molecule has 0 aliphatic carbocycles. The van der Waals surface area contributed by atoms with Crippen LogP contribution in [0.3, 0.4) is 0 Å². The molecule has 152 valence electrons. The van der Waals surface area contributed by atoms with Gasteiger partial charge in [0.05, 0.1) is 12.1 Å². The summed E-state index contributed by atoms with van der Waals surface area (Å²) in [6.07, 6.45) is 0.246. The zero-order valence-electron chi connectivity index (χ0n) is 17.0. The molecule has 29 heavy (non-hydrogen) atoms. The summed E-state index contributed by atoms with van der Waals surface area (Å²) in [5.41, 5.74) is 2.88. The van der Waals surface area contributed by atoms with Crippen LogP contribution in [0.4, 0.5) is 5.13 Å². The number of carbonyl (C=O) groups is 2. The van der Waals surface area contributed by atoms with E-state index in [0.29, 0.717) is 5.13 Å². The van der Waals surface area contributed by atoms with Crippen molar-refractivity contribution in [1.82, 2.24) is 10.3 Å². The van der Waals surface area contributed by atoms with E-state index in [1.165, 1.54) is 21.1 Å². The van der Waals surface area contributed by atoms with E-state index in [0.717, 1.165) is 16.8 Å². The minimum Gasteiger partial charge on any atom is -0.344 e. The lowest BCUT2D eigenvalue weighted by atomic mass is 10.0. The summed E-state index contributed by atoms with van der Waals surface area (Å²) < 4.78 is 0. The maximum absolute atomic E-state index is 12.8. The molecular formula is C22H25N3O2S2. The van der Waals surface area contributed by atoms with Gasteiger partial charge in [0.15, 0.2) is 5.13 Å². The minimum atomic E-state index is -0.622. The summed E-state index contributed by atoms with van der Waals surface area (Å²) in [6, 6.07) is 11.0. The van der Waals surface area contributed by atoms with E-state index in [1.54, 1.807) is 11.3 Å². The van der Waals surface area contributed by atoms with Gasteiger partial charge in [0.25, 0.3) is 0 Å². The molecule has 1 aromatic carbocycles. The standard InChI is InChI=1S/C22H25N3O2S2/c1-13(2)20(24-19(26)11-16-8-6-5-7-9-16)21(27)25-22-23-18(12-28-22)17-10-14(3)29-15(17)4/h5-10,12-13,20H,11H2,1-4H3,(H,24,26)(H,23,25,27)/t20-/m0/s1. The van der Waals surface area contributed by atoms with E-state index < -0.39 is 6.04 Å².